The van der Waals surface area contributed by atoms with E-state index in [0.29, 0.717) is 18.1 Å². The standard InChI is InChI=1S/C20H20N6O2/c1-15-5-2-6-16(13-15)26-19(17-7-3-12-28-17)23-18(24-26)20(27)22-8-4-10-25-11-9-21-14-25/h2-3,5-7,9,11-14H,4,8,10H2,1H3,(H,22,27). The Balaban J connectivity index is 1.52. The summed E-state index contributed by atoms with van der Waals surface area (Å²) in [5.41, 5.74) is 1.90. The number of carbonyl (C=O) groups excluding carboxylic acids is 1. The molecule has 3 heterocycles. The van der Waals surface area contributed by atoms with E-state index in [9.17, 15) is 4.79 Å². The summed E-state index contributed by atoms with van der Waals surface area (Å²) >= 11 is 0. The molecule has 8 nitrogen and oxygen atoms in total. The van der Waals surface area contributed by atoms with E-state index in [-0.39, 0.29) is 11.7 Å². The van der Waals surface area contributed by atoms with Gasteiger partial charge in [-0.15, -0.1) is 5.10 Å². The van der Waals surface area contributed by atoms with Gasteiger partial charge in [-0.25, -0.2) is 9.67 Å². The molecule has 1 N–H and O–H groups in total. The van der Waals surface area contributed by atoms with Crippen LogP contribution in [0.4, 0.5) is 0 Å². The molecule has 0 fully saturated rings. The van der Waals surface area contributed by atoms with Gasteiger partial charge < -0.3 is 14.3 Å². The smallest absolute Gasteiger partial charge is 0.290 e. The molecule has 8 heteroatoms. The molecule has 0 aliphatic carbocycles. The van der Waals surface area contributed by atoms with Gasteiger partial charge >= 0.3 is 0 Å². The highest BCUT2D eigenvalue weighted by Gasteiger charge is 2.20. The minimum Gasteiger partial charge on any atom is -0.461 e. The molecule has 0 atom stereocenters. The van der Waals surface area contributed by atoms with Crippen LogP contribution in [-0.4, -0.2) is 36.8 Å². The Bertz CT molecular complexity index is 1050. The Hall–Kier alpha value is -3.68. The van der Waals surface area contributed by atoms with Crippen molar-refractivity contribution < 1.29 is 9.21 Å². The van der Waals surface area contributed by atoms with Gasteiger partial charge in [-0.05, 0) is 43.2 Å². The number of rotatable bonds is 7. The van der Waals surface area contributed by atoms with E-state index < -0.39 is 0 Å². The molecule has 0 aliphatic heterocycles. The molecule has 0 unspecified atom stereocenters. The SMILES string of the molecule is Cc1cccc(-n2nc(C(=O)NCCCn3ccnc3)nc2-c2ccco2)c1. The number of hydrogen-bond donors (Lipinski definition) is 1. The predicted octanol–water partition coefficient (Wildman–Crippen LogP) is 2.85. The van der Waals surface area contributed by atoms with Gasteiger partial charge in [-0.1, -0.05) is 12.1 Å². The summed E-state index contributed by atoms with van der Waals surface area (Å²) in [6.07, 6.45) is 7.73. The molecular weight excluding hydrogens is 356 g/mol. The minimum atomic E-state index is -0.315. The lowest BCUT2D eigenvalue weighted by molar-refractivity contribution is 0.0942. The minimum absolute atomic E-state index is 0.107. The Morgan fingerprint density at radius 3 is 2.93 bits per heavy atom. The first-order chi connectivity index (χ1) is 13.7. The predicted molar refractivity (Wildman–Crippen MR) is 103 cm³/mol. The van der Waals surface area contributed by atoms with Crippen molar-refractivity contribution in [3.05, 3.63) is 72.8 Å². The number of aryl methyl sites for hydroxylation is 2. The molecule has 1 amide bonds. The van der Waals surface area contributed by atoms with Crippen molar-refractivity contribution in [1.82, 2.24) is 29.6 Å². The van der Waals surface area contributed by atoms with Crippen molar-refractivity contribution in [2.75, 3.05) is 6.54 Å². The van der Waals surface area contributed by atoms with Gasteiger partial charge in [0.05, 0.1) is 18.3 Å². The van der Waals surface area contributed by atoms with E-state index in [4.69, 9.17) is 4.42 Å². The lowest BCUT2D eigenvalue weighted by Gasteiger charge is -2.05. The third-order valence-electron chi connectivity index (χ3n) is 4.24. The number of amides is 1. The van der Waals surface area contributed by atoms with Gasteiger partial charge in [0.1, 0.15) is 0 Å². The van der Waals surface area contributed by atoms with Crippen molar-refractivity contribution in [1.29, 1.82) is 0 Å². The van der Waals surface area contributed by atoms with Crippen LogP contribution in [0.2, 0.25) is 0 Å². The third kappa shape index (κ3) is 3.85. The second kappa shape index (κ2) is 7.91. The number of nitrogens with zero attached hydrogens (tertiary/aromatic N) is 5. The van der Waals surface area contributed by atoms with Gasteiger partial charge in [-0.3, -0.25) is 4.79 Å². The molecule has 4 rings (SSSR count). The zero-order valence-electron chi connectivity index (χ0n) is 15.4. The zero-order chi connectivity index (χ0) is 19.3. The fourth-order valence-corrected chi connectivity index (χ4v) is 2.87. The Kier molecular flexibility index (Phi) is 5.01. The summed E-state index contributed by atoms with van der Waals surface area (Å²) in [5, 5.41) is 7.29. The first-order valence-electron chi connectivity index (χ1n) is 9.02. The molecule has 3 aromatic heterocycles. The maximum absolute atomic E-state index is 12.5. The van der Waals surface area contributed by atoms with Crippen LogP contribution in [0.3, 0.4) is 0 Å². The van der Waals surface area contributed by atoms with E-state index in [0.717, 1.165) is 24.2 Å². The number of hydrogen-bond acceptors (Lipinski definition) is 5. The number of imidazole rings is 1. The number of carbonyl (C=O) groups is 1. The van der Waals surface area contributed by atoms with Gasteiger partial charge in [-0.2, -0.15) is 4.98 Å². The van der Waals surface area contributed by atoms with Gasteiger partial charge in [0, 0.05) is 25.5 Å². The van der Waals surface area contributed by atoms with Crippen molar-refractivity contribution in [3.63, 3.8) is 0 Å². The van der Waals surface area contributed by atoms with Crippen LogP contribution in [0, 0.1) is 6.92 Å². The summed E-state index contributed by atoms with van der Waals surface area (Å²) in [7, 11) is 0. The number of furan rings is 1. The molecule has 0 saturated carbocycles. The largest absolute Gasteiger partial charge is 0.461 e. The summed E-state index contributed by atoms with van der Waals surface area (Å²) in [6, 6.07) is 11.4. The van der Waals surface area contributed by atoms with E-state index >= 15 is 0 Å². The quantitative estimate of drug-likeness (QED) is 0.501. The van der Waals surface area contributed by atoms with Crippen LogP contribution in [-0.2, 0) is 6.54 Å². The van der Waals surface area contributed by atoms with Crippen molar-refractivity contribution in [3.8, 4) is 17.3 Å². The fraction of sp³-hybridized carbons (Fsp3) is 0.200. The first kappa shape index (κ1) is 17.7. The summed E-state index contributed by atoms with van der Waals surface area (Å²) < 4.78 is 9.08. The van der Waals surface area contributed by atoms with Crippen molar-refractivity contribution >= 4 is 5.91 Å². The van der Waals surface area contributed by atoms with Crippen LogP contribution >= 0.6 is 0 Å². The molecule has 0 radical (unpaired) electrons. The average molecular weight is 376 g/mol. The monoisotopic (exact) mass is 376 g/mol. The van der Waals surface area contributed by atoms with Crippen molar-refractivity contribution in [2.45, 2.75) is 19.9 Å². The van der Waals surface area contributed by atoms with Crippen molar-refractivity contribution in [2.24, 2.45) is 0 Å². The topological polar surface area (TPSA) is 90.8 Å². The molecule has 0 saturated heterocycles. The van der Waals surface area contributed by atoms with Gasteiger partial charge in [0.2, 0.25) is 5.82 Å². The van der Waals surface area contributed by atoms with E-state index in [1.807, 2.05) is 42.0 Å². The summed E-state index contributed by atoms with van der Waals surface area (Å²) in [5.74, 6) is 0.827. The molecule has 0 aliphatic rings. The number of nitrogens with one attached hydrogen (secondary N) is 1. The highest BCUT2D eigenvalue weighted by molar-refractivity contribution is 5.90. The lowest BCUT2D eigenvalue weighted by atomic mass is 10.2. The molecular formula is C20H20N6O2. The molecule has 28 heavy (non-hydrogen) atoms. The zero-order valence-corrected chi connectivity index (χ0v) is 15.4. The van der Waals surface area contributed by atoms with Crippen LogP contribution in [0.5, 0.6) is 0 Å². The van der Waals surface area contributed by atoms with E-state index in [2.05, 4.69) is 20.4 Å². The number of benzene rings is 1. The molecule has 0 bridgehead atoms. The Morgan fingerprint density at radius 1 is 1.25 bits per heavy atom. The second-order valence-corrected chi connectivity index (χ2v) is 6.40. The third-order valence-corrected chi connectivity index (χ3v) is 4.24. The summed E-state index contributed by atoms with van der Waals surface area (Å²) in [4.78, 5) is 21.0. The molecule has 1 aromatic carbocycles. The lowest BCUT2D eigenvalue weighted by Crippen LogP contribution is -2.26. The van der Waals surface area contributed by atoms with Crippen LogP contribution < -0.4 is 5.32 Å². The molecule has 0 spiro atoms. The Morgan fingerprint density at radius 2 is 2.18 bits per heavy atom. The molecule has 142 valence electrons. The van der Waals surface area contributed by atoms with Gasteiger partial charge in [0.25, 0.3) is 5.91 Å². The van der Waals surface area contributed by atoms with Crippen LogP contribution in [0.25, 0.3) is 17.3 Å². The van der Waals surface area contributed by atoms with Gasteiger partial charge in [0.15, 0.2) is 11.6 Å². The number of aromatic nitrogens is 5. The Labute approximate surface area is 161 Å². The highest BCUT2D eigenvalue weighted by Crippen LogP contribution is 2.22. The average Bonchev–Trinajstić information content (AvgIpc) is 3.46. The maximum atomic E-state index is 12.5. The highest BCUT2D eigenvalue weighted by atomic mass is 16.3. The second-order valence-electron chi connectivity index (χ2n) is 6.40. The first-order valence-corrected chi connectivity index (χ1v) is 9.02. The summed E-state index contributed by atoms with van der Waals surface area (Å²) in [6.45, 7) is 3.30. The maximum Gasteiger partial charge on any atom is 0.290 e. The van der Waals surface area contributed by atoms with Crippen LogP contribution in [0.1, 0.15) is 22.6 Å². The van der Waals surface area contributed by atoms with Crippen LogP contribution in [0.15, 0.2) is 65.8 Å². The molecule has 4 aromatic rings. The van der Waals surface area contributed by atoms with E-state index in [1.165, 1.54) is 0 Å². The fourth-order valence-electron chi connectivity index (χ4n) is 2.87. The van der Waals surface area contributed by atoms with E-state index in [1.54, 1.807) is 35.6 Å². The normalized spacial score (nSPS) is 10.9.